The maximum atomic E-state index is 13.1. The number of amides is 1. The van der Waals surface area contributed by atoms with Crippen LogP contribution >= 0.6 is 0 Å². The van der Waals surface area contributed by atoms with E-state index >= 15 is 0 Å². The van der Waals surface area contributed by atoms with E-state index in [4.69, 9.17) is 0 Å². The maximum absolute atomic E-state index is 13.1. The average molecular weight is 516 g/mol. The van der Waals surface area contributed by atoms with Gasteiger partial charge in [0.25, 0.3) is 0 Å². The number of aryl methyl sites for hydroxylation is 1. The molecule has 35 heavy (non-hydrogen) atoms. The van der Waals surface area contributed by atoms with E-state index in [-0.39, 0.29) is 47.8 Å². The number of rotatable bonds is 8. The predicted molar refractivity (Wildman–Crippen MR) is 135 cm³/mol. The summed E-state index contributed by atoms with van der Waals surface area (Å²) in [5.74, 6) is -0.506. The molecule has 2 N–H and O–H groups in total. The molecule has 1 aliphatic heterocycles. The quantitative estimate of drug-likeness (QED) is 0.448. The first kappa shape index (κ1) is 25.3. The molecular weight excluding hydrogens is 486 g/mol. The fourth-order valence-electron chi connectivity index (χ4n) is 4.15. The van der Waals surface area contributed by atoms with Gasteiger partial charge in [-0.1, -0.05) is 48.0 Å². The van der Waals surface area contributed by atoms with Crippen LogP contribution in [-0.4, -0.2) is 53.2 Å². The van der Waals surface area contributed by atoms with Gasteiger partial charge in [0, 0.05) is 32.1 Å². The molecule has 3 aromatic carbocycles. The second kappa shape index (κ2) is 10.4. The third-order valence-electron chi connectivity index (χ3n) is 6.23. The van der Waals surface area contributed by atoms with Gasteiger partial charge in [0.1, 0.15) is 0 Å². The molecule has 0 saturated carbocycles. The zero-order valence-electron chi connectivity index (χ0n) is 19.5. The minimum Gasteiger partial charge on any atom is -0.355 e. The van der Waals surface area contributed by atoms with Gasteiger partial charge in [0.05, 0.1) is 9.79 Å². The number of hydrogen-bond acceptors (Lipinski definition) is 5. The summed E-state index contributed by atoms with van der Waals surface area (Å²) in [5, 5.41) is 4.59. The van der Waals surface area contributed by atoms with E-state index in [9.17, 15) is 21.6 Å². The Morgan fingerprint density at radius 2 is 1.49 bits per heavy atom. The number of carbonyl (C=O) groups excluding carboxylic acids is 1. The molecule has 186 valence electrons. The van der Waals surface area contributed by atoms with Crippen molar-refractivity contribution in [3.05, 3.63) is 72.3 Å². The number of benzene rings is 3. The lowest BCUT2D eigenvalue weighted by molar-refractivity contribution is -0.126. The SMILES string of the molecule is Cc1ccc(S(=O)(=O)NCCNC(=O)C2CCN(S(=O)(=O)c3ccc4ccccc4c3)CC2)cc1. The molecule has 1 aliphatic rings. The van der Waals surface area contributed by atoms with Gasteiger partial charge in [0.2, 0.25) is 26.0 Å². The molecule has 0 aromatic heterocycles. The highest BCUT2D eigenvalue weighted by Gasteiger charge is 2.32. The Morgan fingerprint density at radius 3 is 2.17 bits per heavy atom. The molecule has 1 saturated heterocycles. The Kier molecular flexibility index (Phi) is 7.56. The van der Waals surface area contributed by atoms with Crippen molar-refractivity contribution in [2.75, 3.05) is 26.2 Å². The number of sulfonamides is 2. The Bertz CT molecular complexity index is 1410. The summed E-state index contributed by atoms with van der Waals surface area (Å²) in [6, 6.07) is 19.2. The van der Waals surface area contributed by atoms with Gasteiger partial charge >= 0.3 is 0 Å². The number of nitrogens with one attached hydrogen (secondary N) is 2. The first-order chi connectivity index (χ1) is 16.7. The number of piperidine rings is 1. The molecule has 10 heteroatoms. The lowest BCUT2D eigenvalue weighted by Crippen LogP contribution is -2.44. The Balaban J connectivity index is 1.26. The van der Waals surface area contributed by atoms with E-state index in [1.165, 1.54) is 16.4 Å². The molecular formula is C25H29N3O5S2. The minimum atomic E-state index is -3.64. The van der Waals surface area contributed by atoms with Crippen LogP contribution in [0.15, 0.2) is 76.5 Å². The molecule has 0 aliphatic carbocycles. The summed E-state index contributed by atoms with van der Waals surface area (Å²) in [6.07, 6.45) is 0.821. The zero-order valence-corrected chi connectivity index (χ0v) is 21.1. The number of fused-ring (bicyclic) bond motifs is 1. The molecule has 0 unspecified atom stereocenters. The molecule has 8 nitrogen and oxygen atoms in total. The molecule has 4 rings (SSSR count). The first-order valence-electron chi connectivity index (χ1n) is 11.5. The summed E-state index contributed by atoms with van der Waals surface area (Å²) in [5.41, 5.74) is 0.965. The summed E-state index contributed by atoms with van der Waals surface area (Å²) >= 11 is 0. The van der Waals surface area contributed by atoms with Gasteiger partial charge in [-0.05, 0) is 54.8 Å². The summed E-state index contributed by atoms with van der Waals surface area (Å²) in [7, 11) is -7.28. The van der Waals surface area contributed by atoms with E-state index in [0.717, 1.165) is 16.3 Å². The Morgan fingerprint density at radius 1 is 0.857 bits per heavy atom. The number of carbonyl (C=O) groups is 1. The van der Waals surface area contributed by atoms with Gasteiger partial charge in [-0.25, -0.2) is 21.6 Å². The second-order valence-corrected chi connectivity index (χ2v) is 12.4. The van der Waals surface area contributed by atoms with E-state index in [1.54, 1.807) is 30.3 Å². The minimum absolute atomic E-state index is 0.0666. The molecule has 3 aromatic rings. The van der Waals surface area contributed by atoms with Crippen molar-refractivity contribution < 1.29 is 21.6 Å². The highest BCUT2D eigenvalue weighted by atomic mass is 32.2. The van der Waals surface area contributed by atoms with E-state index in [0.29, 0.717) is 12.8 Å². The van der Waals surface area contributed by atoms with Crippen LogP contribution in [0.3, 0.4) is 0 Å². The fourth-order valence-corrected chi connectivity index (χ4v) is 6.69. The van der Waals surface area contributed by atoms with Gasteiger partial charge in [-0.3, -0.25) is 4.79 Å². The average Bonchev–Trinajstić information content (AvgIpc) is 2.86. The van der Waals surface area contributed by atoms with Crippen LogP contribution in [0.25, 0.3) is 10.8 Å². The van der Waals surface area contributed by atoms with Gasteiger partial charge in [0.15, 0.2) is 0 Å². The first-order valence-corrected chi connectivity index (χ1v) is 14.4. The summed E-state index contributed by atoms with van der Waals surface area (Å²) in [6.45, 7) is 2.61. The number of nitrogens with zero attached hydrogens (tertiary/aromatic N) is 1. The molecule has 1 fully saturated rings. The van der Waals surface area contributed by atoms with Crippen LogP contribution in [-0.2, 0) is 24.8 Å². The Hall–Kier alpha value is -2.79. The zero-order chi connectivity index (χ0) is 25.1. The van der Waals surface area contributed by atoms with Crippen molar-refractivity contribution in [3.63, 3.8) is 0 Å². The molecule has 0 radical (unpaired) electrons. The largest absolute Gasteiger partial charge is 0.355 e. The summed E-state index contributed by atoms with van der Waals surface area (Å²) in [4.78, 5) is 13.0. The monoisotopic (exact) mass is 515 g/mol. The lowest BCUT2D eigenvalue weighted by Gasteiger charge is -2.30. The Labute approximate surface area is 206 Å². The lowest BCUT2D eigenvalue weighted by atomic mass is 9.97. The van der Waals surface area contributed by atoms with Crippen molar-refractivity contribution >= 4 is 36.7 Å². The second-order valence-electron chi connectivity index (χ2n) is 8.69. The molecule has 1 heterocycles. The summed E-state index contributed by atoms with van der Waals surface area (Å²) < 4.78 is 54.8. The molecule has 0 atom stereocenters. The third kappa shape index (κ3) is 5.90. The van der Waals surface area contributed by atoms with Crippen LogP contribution in [0, 0.1) is 12.8 Å². The molecule has 1 amide bonds. The standard InChI is InChI=1S/C25H29N3O5S2/c1-19-6-9-23(10-7-19)34(30,31)27-15-14-26-25(29)21-12-16-28(17-13-21)35(32,33)24-11-8-20-4-2-3-5-22(20)18-24/h2-11,18,21,27H,12-17H2,1H3,(H,26,29). The van der Waals surface area contributed by atoms with Crippen molar-refractivity contribution in [2.45, 2.75) is 29.6 Å². The highest BCUT2D eigenvalue weighted by molar-refractivity contribution is 7.89. The van der Waals surface area contributed by atoms with Crippen molar-refractivity contribution in [1.29, 1.82) is 0 Å². The van der Waals surface area contributed by atoms with Crippen LogP contribution < -0.4 is 10.0 Å². The van der Waals surface area contributed by atoms with Crippen LogP contribution in [0.1, 0.15) is 18.4 Å². The van der Waals surface area contributed by atoms with Crippen molar-refractivity contribution in [3.8, 4) is 0 Å². The van der Waals surface area contributed by atoms with E-state index in [1.807, 2.05) is 31.2 Å². The van der Waals surface area contributed by atoms with Crippen LogP contribution in [0.4, 0.5) is 0 Å². The van der Waals surface area contributed by atoms with Gasteiger partial charge in [-0.2, -0.15) is 4.31 Å². The van der Waals surface area contributed by atoms with Crippen LogP contribution in [0.2, 0.25) is 0 Å². The molecule has 0 bridgehead atoms. The normalized spacial score (nSPS) is 15.8. The van der Waals surface area contributed by atoms with Crippen molar-refractivity contribution in [2.24, 2.45) is 5.92 Å². The van der Waals surface area contributed by atoms with E-state index < -0.39 is 20.0 Å². The fraction of sp³-hybridized carbons (Fsp3) is 0.320. The highest BCUT2D eigenvalue weighted by Crippen LogP contribution is 2.26. The number of hydrogen-bond donors (Lipinski definition) is 2. The topological polar surface area (TPSA) is 113 Å². The predicted octanol–water partition coefficient (Wildman–Crippen LogP) is 2.64. The van der Waals surface area contributed by atoms with Gasteiger partial charge < -0.3 is 5.32 Å². The smallest absolute Gasteiger partial charge is 0.243 e. The van der Waals surface area contributed by atoms with E-state index in [2.05, 4.69) is 10.0 Å². The molecule has 0 spiro atoms. The maximum Gasteiger partial charge on any atom is 0.243 e. The van der Waals surface area contributed by atoms with Crippen LogP contribution in [0.5, 0.6) is 0 Å². The van der Waals surface area contributed by atoms with Crippen molar-refractivity contribution in [1.82, 2.24) is 14.3 Å². The third-order valence-corrected chi connectivity index (χ3v) is 9.60. The van der Waals surface area contributed by atoms with Gasteiger partial charge in [-0.15, -0.1) is 0 Å².